The molecule has 1 aliphatic heterocycles. The van der Waals surface area contributed by atoms with Gasteiger partial charge in [-0.15, -0.1) is 0 Å². The molecule has 0 radical (unpaired) electrons. The van der Waals surface area contributed by atoms with Crippen LogP contribution in [0.4, 0.5) is 0 Å². The molecule has 1 saturated heterocycles. The van der Waals surface area contributed by atoms with Gasteiger partial charge in [0.1, 0.15) is 0 Å². The van der Waals surface area contributed by atoms with E-state index >= 15 is 0 Å². The molecule has 2 saturated carbocycles. The van der Waals surface area contributed by atoms with Gasteiger partial charge in [0.15, 0.2) is 0 Å². The number of hydrogen-bond acceptors (Lipinski definition) is 1. The van der Waals surface area contributed by atoms with Gasteiger partial charge in [-0.3, -0.25) is 0 Å². The van der Waals surface area contributed by atoms with Crippen molar-refractivity contribution in [2.45, 2.75) is 44.9 Å². The Morgan fingerprint density at radius 1 is 1.06 bits per heavy atom. The molecule has 0 N–H and O–H groups in total. The summed E-state index contributed by atoms with van der Waals surface area (Å²) in [6, 6.07) is 0. The highest BCUT2D eigenvalue weighted by atomic mass is 79.9. The van der Waals surface area contributed by atoms with Crippen LogP contribution < -0.4 is 0 Å². The normalized spacial score (nSPS) is 38.1. The molecule has 2 unspecified atom stereocenters. The number of hydrogen-bond donors (Lipinski definition) is 0. The fraction of sp³-hybridized carbons (Fsp3) is 1.00. The minimum atomic E-state index is 0.682. The smallest absolute Gasteiger partial charge is 0.0100 e. The molecular weight excluding hydrogens is 262 g/mol. The van der Waals surface area contributed by atoms with Crippen molar-refractivity contribution < 1.29 is 0 Å². The van der Waals surface area contributed by atoms with Crippen molar-refractivity contribution in [1.82, 2.24) is 4.90 Å². The van der Waals surface area contributed by atoms with Crippen LogP contribution in [0.3, 0.4) is 0 Å². The van der Waals surface area contributed by atoms with Crippen molar-refractivity contribution in [2.24, 2.45) is 17.3 Å². The average molecular weight is 286 g/mol. The molecule has 0 amide bonds. The number of nitrogens with zero attached hydrogens (tertiary/aromatic N) is 1. The van der Waals surface area contributed by atoms with E-state index in [1.165, 1.54) is 69.9 Å². The lowest BCUT2D eigenvalue weighted by atomic mass is 9.75. The van der Waals surface area contributed by atoms with Crippen molar-refractivity contribution in [2.75, 3.05) is 25.0 Å². The number of alkyl halides is 1. The third kappa shape index (κ3) is 2.33. The first-order valence-electron chi connectivity index (χ1n) is 7.10. The van der Waals surface area contributed by atoms with Gasteiger partial charge in [0.05, 0.1) is 0 Å². The molecular formula is C14H24BrN. The van der Waals surface area contributed by atoms with Gasteiger partial charge in [0.25, 0.3) is 0 Å². The predicted molar refractivity (Wildman–Crippen MR) is 72.0 cm³/mol. The Morgan fingerprint density at radius 3 is 2.50 bits per heavy atom. The fourth-order valence-electron chi connectivity index (χ4n) is 3.80. The fourth-order valence-corrected chi connectivity index (χ4v) is 4.54. The van der Waals surface area contributed by atoms with Crippen LogP contribution in [0.15, 0.2) is 0 Å². The summed E-state index contributed by atoms with van der Waals surface area (Å²) in [6.07, 6.45) is 10.5. The van der Waals surface area contributed by atoms with E-state index in [1.54, 1.807) is 0 Å². The summed E-state index contributed by atoms with van der Waals surface area (Å²) >= 11 is 3.70. The Labute approximate surface area is 108 Å². The summed E-state index contributed by atoms with van der Waals surface area (Å²) in [5, 5.41) is 1.23. The Morgan fingerprint density at radius 2 is 1.81 bits per heavy atom. The molecule has 3 fully saturated rings. The highest BCUT2D eigenvalue weighted by Crippen LogP contribution is 2.48. The molecule has 1 heterocycles. The second-order valence-electron chi connectivity index (χ2n) is 6.46. The lowest BCUT2D eigenvalue weighted by molar-refractivity contribution is 0.0751. The summed E-state index contributed by atoms with van der Waals surface area (Å²) in [5.74, 6) is 2.14. The lowest BCUT2D eigenvalue weighted by Gasteiger charge is -2.42. The Bertz CT molecular complexity index is 249. The molecule has 16 heavy (non-hydrogen) atoms. The van der Waals surface area contributed by atoms with E-state index in [1.807, 2.05) is 0 Å². The van der Waals surface area contributed by atoms with Crippen LogP contribution >= 0.6 is 15.9 Å². The highest BCUT2D eigenvalue weighted by Gasteiger charge is 2.44. The zero-order valence-electron chi connectivity index (χ0n) is 10.3. The second-order valence-corrected chi connectivity index (χ2v) is 7.02. The molecule has 2 atom stereocenters. The van der Waals surface area contributed by atoms with Crippen molar-refractivity contribution in [1.29, 1.82) is 0 Å². The van der Waals surface area contributed by atoms with Crippen LogP contribution in [0, 0.1) is 17.3 Å². The lowest BCUT2D eigenvalue weighted by Crippen LogP contribution is -2.44. The molecule has 2 aliphatic carbocycles. The van der Waals surface area contributed by atoms with Gasteiger partial charge in [0, 0.05) is 18.4 Å². The van der Waals surface area contributed by atoms with E-state index in [4.69, 9.17) is 0 Å². The molecule has 0 aromatic carbocycles. The minimum absolute atomic E-state index is 0.682. The zero-order chi connectivity index (χ0) is 11.0. The van der Waals surface area contributed by atoms with Crippen molar-refractivity contribution in [3.05, 3.63) is 0 Å². The van der Waals surface area contributed by atoms with Gasteiger partial charge in [-0.1, -0.05) is 35.2 Å². The molecule has 3 aliphatic rings. The predicted octanol–water partition coefficient (Wildman–Crippen LogP) is 3.67. The molecule has 92 valence electrons. The van der Waals surface area contributed by atoms with Crippen LogP contribution in [-0.4, -0.2) is 29.9 Å². The van der Waals surface area contributed by atoms with E-state index in [9.17, 15) is 0 Å². The summed E-state index contributed by atoms with van der Waals surface area (Å²) in [6.45, 7) is 4.18. The number of fused-ring (bicyclic) bond motifs is 1. The average Bonchev–Trinajstić information content (AvgIpc) is 3.09. The van der Waals surface area contributed by atoms with Gasteiger partial charge >= 0.3 is 0 Å². The van der Waals surface area contributed by atoms with Gasteiger partial charge < -0.3 is 4.90 Å². The topological polar surface area (TPSA) is 3.24 Å². The number of halogens is 1. The van der Waals surface area contributed by atoms with E-state index in [0.717, 1.165) is 11.8 Å². The van der Waals surface area contributed by atoms with Crippen LogP contribution in [0.2, 0.25) is 0 Å². The van der Waals surface area contributed by atoms with E-state index in [2.05, 4.69) is 20.8 Å². The van der Waals surface area contributed by atoms with Gasteiger partial charge in [-0.05, 0) is 49.5 Å². The maximum Gasteiger partial charge on any atom is 0.0100 e. The van der Waals surface area contributed by atoms with Crippen LogP contribution in [0.5, 0.6) is 0 Å². The summed E-state index contributed by atoms with van der Waals surface area (Å²) in [4.78, 5) is 2.78. The third-order valence-corrected chi connectivity index (χ3v) is 6.36. The first-order chi connectivity index (χ1) is 7.81. The number of piperidine rings is 1. The Hall–Kier alpha value is 0.440. The molecule has 0 aromatic heterocycles. The SMILES string of the molecule is BrCC1(CN2CCC3CCCCC3C2)CC1. The second kappa shape index (κ2) is 4.61. The van der Waals surface area contributed by atoms with Gasteiger partial charge in [-0.25, -0.2) is 0 Å². The maximum atomic E-state index is 3.70. The molecule has 0 aromatic rings. The summed E-state index contributed by atoms with van der Waals surface area (Å²) in [7, 11) is 0. The van der Waals surface area contributed by atoms with Crippen LogP contribution in [0.1, 0.15) is 44.9 Å². The van der Waals surface area contributed by atoms with Gasteiger partial charge in [-0.2, -0.15) is 0 Å². The van der Waals surface area contributed by atoms with Crippen molar-refractivity contribution >= 4 is 15.9 Å². The first-order valence-corrected chi connectivity index (χ1v) is 8.22. The largest absolute Gasteiger partial charge is 0.302 e. The van der Waals surface area contributed by atoms with Crippen molar-refractivity contribution in [3.63, 3.8) is 0 Å². The zero-order valence-corrected chi connectivity index (χ0v) is 11.8. The van der Waals surface area contributed by atoms with Crippen molar-refractivity contribution in [3.8, 4) is 0 Å². The monoisotopic (exact) mass is 285 g/mol. The summed E-state index contributed by atoms with van der Waals surface area (Å²) in [5.41, 5.74) is 0.682. The van der Waals surface area contributed by atoms with Crippen LogP contribution in [0.25, 0.3) is 0 Å². The quantitative estimate of drug-likeness (QED) is 0.715. The number of likely N-dealkylation sites (tertiary alicyclic amines) is 1. The molecule has 0 bridgehead atoms. The van der Waals surface area contributed by atoms with E-state index < -0.39 is 0 Å². The van der Waals surface area contributed by atoms with Gasteiger partial charge in [0.2, 0.25) is 0 Å². The molecule has 1 nitrogen and oxygen atoms in total. The summed E-state index contributed by atoms with van der Waals surface area (Å²) < 4.78 is 0. The first kappa shape index (κ1) is 11.5. The molecule has 3 rings (SSSR count). The standard InChI is InChI=1S/C14H24BrN/c15-10-14(6-7-14)11-16-8-5-12-3-1-2-4-13(12)9-16/h12-13H,1-11H2. The highest BCUT2D eigenvalue weighted by molar-refractivity contribution is 9.09. The van der Waals surface area contributed by atoms with E-state index in [0.29, 0.717) is 5.41 Å². The minimum Gasteiger partial charge on any atom is -0.302 e. The Balaban J connectivity index is 1.54. The number of rotatable bonds is 3. The maximum absolute atomic E-state index is 3.70. The van der Waals surface area contributed by atoms with E-state index in [-0.39, 0.29) is 0 Å². The third-order valence-electron chi connectivity index (χ3n) is 5.17. The molecule has 0 spiro atoms. The Kier molecular flexibility index (Phi) is 3.32. The van der Waals surface area contributed by atoms with Crippen LogP contribution in [-0.2, 0) is 0 Å². The molecule has 2 heteroatoms.